The Morgan fingerprint density at radius 1 is 1.27 bits per heavy atom. The van der Waals surface area contributed by atoms with Crippen LogP contribution in [0.25, 0.3) is 11.0 Å². The summed E-state index contributed by atoms with van der Waals surface area (Å²) >= 11 is 0. The molecule has 3 rings (SSSR count). The van der Waals surface area contributed by atoms with Crippen LogP contribution in [0.2, 0.25) is 0 Å². The lowest BCUT2D eigenvalue weighted by Gasteiger charge is -2.05. The van der Waals surface area contributed by atoms with Gasteiger partial charge in [0.25, 0.3) is 0 Å². The number of aryl methyl sites for hydroxylation is 1. The number of carbonyl (C=O) groups excluding carboxylic acids is 1. The Morgan fingerprint density at radius 2 is 2.05 bits per heavy atom. The molecule has 0 atom stereocenters. The number of imidazole rings is 1. The summed E-state index contributed by atoms with van der Waals surface area (Å²) in [6, 6.07) is 14.6. The number of H-pyrrole nitrogens is 1. The fourth-order valence-corrected chi connectivity index (χ4v) is 2.31. The van der Waals surface area contributed by atoms with Crippen LogP contribution in [0.3, 0.4) is 0 Å². The molecule has 0 aliphatic carbocycles. The number of nitriles is 1. The minimum absolute atomic E-state index is 0.0969. The molecule has 0 saturated heterocycles. The zero-order valence-electron chi connectivity index (χ0n) is 12.1. The zero-order valence-corrected chi connectivity index (χ0v) is 12.1. The SMILES string of the molecule is Cc1nc2ccc(CC(=O)Nc3ccc(C#N)cc3)cc2[nH]1. The first-order valence-corrected chi connectivity index (χ1v) is 6.89. The number of fused-ring (bicyclic) bond motifs is 1. The quantitative estimate of drug-likeness (QED) is 0.778. The number of nitrogens with one attached hydrogen (secondary N) is 2. The molecule has 5 nitrogen and oxygen atoms in total. The standard InChI is InChI=1S/C17H14N4O/c1-11-19-15-7-4-13(8-16(15)20-11)9-17(22)21-14-5-2-12(10-18)3-6-14/h2-8H,9H2,1H3,(H,19,20)(H,21,22). The van der Waals surface area contributed by atoms with Crippen molar-refractivity contribution in [3.8, 4) is 6.07 Å². The van der Waals surface area contributed by atoms with Crippen molar-refractivity contribution in [3.05, 3.63) is 59.4 Å². The van der Waals surface area contributed by atoms with Crippen LogP contribution in [0.1, 0.15) is 17.0 Å². The lowest BCUT2D eigenvalue weighted by atomic mass is 10.1. The number of rotatable bonds is 3. The van der Waals surface area contributed by atoms with Crippen LogP contribution in [0.15, 0.2) is 42.5 Å². The minimum atomic E-state index is -0.0969. The Morgan fingerprint density at radius 3 is 2.77 bits per heavy atom. The summed E-state index contributed by atoms with van der Waals surface area (Å²) < 4.78 is 0. The second-order valence-corrected chi connectivity index (χ2v) is 5.09. The molecule has 108 valence electrons. The van der Waals surface area contributed by atoms with Gasteiger partial charge in [0.1, 0.15) is 5.82 Å². The third-order valence-corrected chi connectivity index (χ3v) is 3.33. The van der Waals surface area contributed by atoms with Gasteiger partial charge < -0.3 is 10.3 Å². The Labute approximate surface area is 127 Å². The number of carbonyl (C=O) groups is 1. The van der Waals surface area contributed by atoms with Gasteiger partial charge in [-0.2, -0.15) is 5.26 Å². The molecule has 22 heavy (non-hydrogen) atoms. The fraction of sp³-hybridized carbons (Fsp3) is 0.118. The zero-order chi connectivity index (χ0) is 15.5. The molecule has 0 unspecified atom stereocenters. The van der Waals surface area contributed by atoms with Crippen molar-refractivity contribution in [2.45, 2.75) is 13.3 Å². The Bertz CT molecular complexity index is 872. The maximum absolute atomic E-state index is 12.1. The predicted molar refractivity (Wildman–Crippen MR) is 84.3 cm³/mol. The van der Waals surface area contributed by atoms with E-state index >= 15 is 0 Å². The minimum Gasteiger partial charge on any atom is -0.342 e. The lowest BCUT2D eigenvalue weighted by molar-refractivity contribution is -0.115. The molecule has 1 heterocycles. The van der Waals surface area contributed by atoms with E-state index in [0.29, 0.717) is 11.3 Å². The number of benzene rings is 2. The molecule has 0 radical (unpaired) electrons. The molecule has 2 N–H and O–H groups in total. The van der Waals surface area contributed by atoms with E-state index in [1.54, 1.807) is 24.3 Å². The molecule has 0 saturated carbocycles. The largest absolute Gasteiger partial charge is 0.342 e. The fourth-order valence-electron chi connectivity index (χ4n) is 2.31. The molecule has 0 aliphatic rings. The molecule has 5 heteroatoms. The monoisotopic (exact) mass is 290 g/mol. The topological polar surface area (TPSA) is 81.6 Å². The van der Waals surface area contributed by atoms with Gasteiger partial charge in [0.15, 0.2) is 0 Å². The molecule has 0 bridgehead atoms. The second-order valence-electron chi connectivity index (χ2n) is 5.09. The number of amides is 1. The van der Waals surface area contributed by atoms with Gasteiger partial charge in [0.05, 0.1) is 29.1 Å². The maximum atomic E-state index is 12.1. The predicted octanol–water partition coefficient (Wildman–Crippen LogP) is 2.92. The summed E-state index contributed by atoms with van der Waals surface area (Å²) in [5, 5.41) is 11.6. The van der Waals surface area contributed by atoms with E-state index in [0.717, 1.165) is 22.4 Å². The molecule has 2 aromatic carbocycles. The number of aromatic amines is 1. The van der Waals surface area contributed by atoms with Crippen LogP contribution in [0, 0.1) is 18.3 Å². The van der Waals surface area contributed by atoms with Gasteiger partial charge in [0, 0.05) is 5.69 Å². The van der Waals surface area contributed by atoms with Crippen molar-refractivity contribution in [3.63, 3.8) is 0 Å². The van der Waals surface area contributed by atoms with E-state index in [2.05, 4.69) is 15.3 Å². The molecule has 1 amide bonds. The van der Waals surface area contributed by atoms with Crippen LogP contribution >= 0.6 is 0 Å². The van der Waals surface area contributed by atoms with Crippen LogP contribution in [-0.4, -0.2) is 15.9 Å². The Kier molecular flexibility index (Phi) is 3.58. The highest BCUT2D eigenvalue weighted by Crippen LogP contribution is 2.15. The van der Waals surface area contributed by atoms with Gasteiger partial charge in [-0.1, -0.05) is 6.07 Å². The van der Waals surface area contributed by atoms with E-state index in [1.807, 2.05) is 31.2 Å². The molecular weight excluding hydrogens is 276 g/mol. The summed E-state index contributed by atoms with van der Waals surface area (Å²) in [4.78, 5) is 19.6. The molecule has 1 aromatic heterocycles. The second kappa shape index (κ2) is 5.70. The average molecular weight is 290 g/mol. The normalized spacial score (nSPS) is 10.4. The number of anilines is 1. The van der Waals surface area contributed by atoms with Crippen molar-refractivity contribution in [1.29, 1.82) is 5.26 Å². The molecular formula is C17H14N4O. The highest BCUT2D eigenvalue weighted by molar-refractivity contribution is 5.92. The number of hydrogen-bond donors (Lipinski definition) is 2. The smallest absolute Gasteiger partial charge is 0.228 e. The van der Waals surface area contributed by atoms with Crippen molar-refractivity contribution < 1.29 is 4.79 Å². The summed E-state index contributed by atoms with van der Waals surface area (Å²) in [7, 11) is 0. The van der Waals surface area contributed by atoms with E-state index in [1.165, 1.54) is 0 Å². The van der Waals surface area contributed by atoms with E-state index in [9.17, 15) is 4.79 Å². The van der Waals surface area contributed by atoms with Gasteiger partial charge in [-0.25, -0.2) is 4.98 Å². The number of hydrogen-bond acceptors (Lipinski definition) is 3. The van der Waals surface area contributed by atoms with Gasteiger partial charge in [-0.05, 0) is 48.9 Å². The van der Waals surface area contributed by atoms with Gasteiger partial charge >= 0.3 is 0 Å². The van der Waals surface area contributed by atoms with E-state index < -0.39 is 0 Å². The van der Waals surface area contributed by atoms with Crippen molar-refractivity contribution in [2.24, 2.45) is 0 Å². The summed E-state index contributed by atoms with van der Waals surface area (Å²) in [5.74, 6) is 0.759. The number of nitrogens with zero attached hydrogens (tertiary/aromatic N) is 2. The van der Waals surface area contributed by atoms with Crippen LogP contribution in [0.5, 0.6) is 0 Å². The highest BCUT2D eigenvalue weighted by Gasteiger charge is 2.06. The first-order valence-electron chi connectivity index (χ1n) is 6.89. The van der Waals surface area contributed by atoms with Crippen LogP contribution in [-0.2, 0) is 11.2 Å². The molecule has 0 spiro atoms. The first-order chi connectivity index (χ1) is 10.6. The number of aromatic nitrogens is 2. The third-order valence-electron chi connectivity index (χ3n) is 3.33. The van der Waals surface area contributed by atoms with Gasteiger partial charge in [0.2, 0.25) is 5.91 Å². The molecule has 0 aliphatic heterocycles. The van der Waals surface area contributed by atoms with Gasteiger partial charge in [-0.15, -0.1) is 0 Å². The summed E-state index contributed by atoms with van der Waals surface area (Å²) in [6.07, 6.45) is 0.286. The highest BCUT2D eigenvalue weighted by atomic mass is 16.1. The maximum Gasteiger partial charge on any atom is 0.228 e. The Balaban J connectivity index is 1.70. The molecule has 3 aromatic rings. The average Bonchev–Trinajstić information content (AvgIpc) is 2.87. The van der Waals surface area contributed by atoms with E-state index in [4.69, 9.17) is 5.26 Å². The summed E-state index contributed by atoms with van der Waals surface area (Å²) in [6.45, 7) is 1.90. The molecule has 0 fully saturated rings. The van der Waals surface area contributed by atoms with Gasteiger partial charge in [-0.3, -0.25) is 4.79 Å². The Hall–Kier alpha value is -3.13. The first kappa shape index (κ1) is 13.8. The van der Waals surface area contributed by atoms with E-state index in [-0.39, 0.29) is 12.3 Å². The summed E-state index contributed by atoms with van der Waals surface area (Å²) in [5.41, 5.74) is 4.00. The lowest BCUT2D eigenvalue weighted by Crippen LogP contribution is -2.14. The van der Waals surface area contributed by atoms with Crippen molar-refractivity contribution in [2.75, 3.05) is 5.32 Å². The van der Waals surface area contributed by atoms with Crippen molar-refractivity contribution >= 4 is 22.6 Å². The van der Waals surface area contributed by atoms with Crippen LogP contribution in [0.4, 0.5) is 5.69 Å². The van der Waals surface area contributed by atoms with Crippen molar-refractivity contribution in [1.82, 2.24) is 9.97 Å². The van der Waals surface area contributed by atoms with Crippen LogP contribution < -0.4 is 5.32 Å². The third kappa shape index (κ3) is 2.96.